The molecule has 0 saturated heterocycles. The highest BCUT2D eigenvalue weighted by Gasteiger charge is 2.07. The number of benzene rings is 1. The molecule has 0 heterocycles. The van der Waals surface area contributed by atoms with Crippen LogP contribution in [0.2, 0.25) is 0 Å². The van der Waals surface area contributed by atoms with Crippen molar-refractivity contribution in [3.05, 3.63) is 29.8 Å². The summed E-state index contributed by atoms with van der Waals surface area (Å²) in [5.74, 6) is 0.0747. The Hall–Kier alpha value is -2.04. The van der Waals surface area contributed by atoms with Crippen LogP contribution in [-0.4, -0.2) is 30.0 Å². The molecule has 1 rings (SSSR count). The van der Waals surface area contributed by atoms with Crippen molar-refractivity contribution in [3.63, 3.8) is 0 Å². The fourth-order valence-corrected chi connectivity index (χ4v) is 1.45. The number of amides is 2. The quantitative estimate of drug-likeness (QED) is 0.724. The Morgan fingerprint density at radius 1 is 1.26 bits per heavy atom. The number of rotatable bonds is 6. The molecular weight excluding hydrogens is 244 g/mol. The summed E-state index contributed by atoms with van der Waals surface area (Å²) in [6.45, 7) is 4.95. The maximum atomic E-state index is 11.7. The summed E-state index contributed by atoms with van der Waals surface area (Å²) in [7, 11) is 0. The molecule has 5 heteroatoms. The number of hydrogen-bond acceptors (Lipinski definition) is 3. The minimum atomic E-state index is -0.299. The van der Waals surface area contributed by atoms with Gasteiger partial charge >= 0.3 is 0 Å². The van der Waals surface area contributed by atoms with Gasteiger partial charge in [-0.2, -0.15) is 0 Å². The SMILES string of the molecule is CC(C)CNC(=O)CCNC(=O)c1cccc(O)c1. The van der Waals surface area contributed by atoms with Crippen molar-refractivity contribution in [2.75, 3.05) is 13.1 Å². The summed E-state index contributed by atoms with van der Waals surface area (Å²) in [6, 6.07) is 6.08. The standard InChI is InChI=1S/C14H20N2O3/c1-10(2)9-16-13(18)6-7-15-14(19)11-4-3-5-12(17)8-11/h3-5,8,10,17H,6-7,9H2,1-2H3,(H,15,19)(H,16,18). The van der Waals surface area contributed by atoms with Gasteiger partial charge in [-0.3, -0.25) is 9.59 Å². The van der Waals surface area contributed by atoms with Gasteiger partial charge < -0.3 is 15.7 Å². The molecule has 0 aliphatic carbocycles. The van der Waals surface area contributed by atoms with Crippen molar-refractivity contribution in [1.82, 2.24) is 10.6 Å². The molecule has 104 valence electrons. The van der Waals surface area contributed by atoms with E-state index in [4.69, 9.17) is 0 Å². The summed E-state index contributed by atoms with van der Waals surface area (Å²) in [5, 5.41) is 14.7. The van der Waals surface area contributed by atoms with Gasteiger partial charge in [0.2, 0.25) is 5.91 Å². The van der Waals surface area contributed by atoms with E-state index in [2.05, 4.69) is 10.6 Å². The van der Waals surface area contributed by atoms with Gasteiger partial charge in [0.15, 0.2) is 0 Å². The van der Waals surface area contributed by atoms with E-state index in [0.29, 0.717) is 18.0 Å². The van der Waals surface area contributed by atoms with E-state index in [0.717, 1.165) is 0 Å². The van der Waals surface area contributed by atoms with Gasteiger partial charge in [-0.25, -0.2) is 0 Å². The molecule has 0 fully saturated rings. The van der Waals surface area contributed by atoms with Crippen LogP contribution >= 0.6 is 0 Å². The van der Waals surface area contributed by atoms with Crippen LogP contribution in [0.4, 0.5) is 0 Å². The third-order valence-electron chi connectivity index (χ3n) is 2.45. The highest BCUT2D eigenvalue weighted by Crippen LogP contribution is 2.10. The Bertz CT molecular complexity index is 444. The first-order valence-electron chi connectivity index (χ1n) is 6.33. The molecule has 0 bridgehead atoms. The third-order valence-corrected chi connectivity index (χ3v) is 2.45. The molecule has 0 aliphatic rings. The van der Waals surface area contributed by atoms with Gasteiger partial charge in [-0.15, -0.1) is 0 Å². The summed E-state index contributed by atoms with van der Waals surface area (Å²) in [4.78, 5) is 23.1. The summed E-state index contributed by atoms with van der Waals surface area (Å²) >= 11 is 0. The van der Waals surface area contributed by atoms with Gasteiger partial charge in [0.05, 0.1) is 0 Å². The molecule has 19 heavy (non-hydrogen) atoms. The lowest BCUT2D eigenvalue weighted by Crippen LogP contribution is -2.32. The third kappa shape index (κ3) is 5.90. The maximum absolute atomic E-state index is 11.7. The fraction of sp³-hybridized carbons (Fsp3) is 0.429. The van der Waals surface area contributed by atoms with Gasteiger partial charge in [-0.05, 0) is 24.1 Å². The Morgan fingerprint density at radius 2 is 2.00 bits per heavy atom. The molecule has 0 aliphatic heterocycles. The first-order valence-corrected chi connectivity index (χ1v) is 6.33. The second-order valence-electron chi connectivity index (χ2n) is 4.75. The fourth-order valence-electron chi connectivity index (χ4n) is 1.45. The minimum Gasteiger partial charge on any atom is -0.508 e. The van der Waals surface area contributed by atoms with E-state index >= 15 is 0 Å². The van der Waals surface area contributed by atoms with Crippen LogP contribution in [0.1, 0.15) is 30.6 Å². The molecule has 0 radical (unpaired) electrons. The average molecular weight is 264 g/mol. The molecule has 2 amide bonds. The van der Waals surface area contributed by atoms with E-state index < -0.39 is 0 Å². The highest BCUT2D eigenvalue weighted by molar-refractivity contribution is 5.94. The molecule has 0 aromatic heterocycles. The monoisotopic (exact) mass is 264 g/mol. The van der Waals surface area contributed by atoms with E-state index in [9.17, 15) is 14.7 Å². The largest absolute Gasteiger partial charge is 0.508 e. The Labute approximate surface area is 113 Å². The van der Waals surface area contributed by atoms with Crippen LogP contribution in [0.3, 0.4) is 0 Å². The summed E-state index contributed by atoms with van der Waals surface area (Å²) in [6.07, 6.45) is 0.247. The zero-order chi connectivity index (χ0) is 14.3. The summed E-state index contributed by atoms with van der Waals surface area (Å²) in [5.41, 5.74) is 0.377. The topological polar surface area (TPSA) is 78.4 Å². The molecule has 3 N–H and O–H groups in total. The van der Waals surface area contributed by atoms with Crippen LogP contribution in [0.15, 0.2) is 24.3 Å². The normalized spacial score (nSPS) is 10.3. The molecule has 1 aromatic carbocycles. The van der Waals surface area contributed by atoms with Gasteiger partial charge in [0.1, 0.15) is 5.75 Å². The van der Waals surface area contributed by atoms with Gasteiger partial charge in [-0.1, -0.05) is 19.9 Å². The van der Waals surface area contributed by atoms with Crippen molar-refractivity contribution in [1.29, 1.82) is 0 Å². The van der Waals surface area contributed by atoms with Crippen molar-refractivity contribution in [2.45, 2.75) is 20.3 Å². The minimum absolute atomic E-state index is 0.0438. The van der Waals surface area contributed by atoms with Crippen LogP contribution in [0.5, 0.6) is 5.75 Å². The smallest absolute Gasteiger partial charge is 0.251 e. The van der Waals surface area contributed by atoms with Crippen LogP contribution in [0.25, 0.3) is 0 Å². The molecule has 0 spiro atoms. The Balaban J connectivity index is 2.29. The van der Waals surface area contributed by atoms with Crippen molar-refractivity contribution in [3.8, 4) is 5.75 Å². The first kappa shape index (κ1) is 15.0. The van der Waals surface area contributed by atoms with Gasteiger partial charge in [0, 0.05) is 25.1 Å². The number of hydrogen-bond donors (Lipinski definition) is 3. The number of aromatic hydroxyl groups is 1. The zero-order valence-electron chi connectivity index (χ0n) is 11.3. The van der Waals surface area contributed by atoms with Gasteiger partial charge in [0.25, 0.3) is 5.91 Å². The number of carbonyl (C=O) groups excluding carboxylic acids is 2. The van der Waals surface area contributed by atoms with Crippen LogP contribution < -0.4 is 10.6 Å². The number of phenolic OH excluding ortho intramolecular Hbond substituents is 1. The Kier molecular flexibility index (Phi) is 5.85. The van der Waals surface area contributed by atoms with Crippen LogP contribution in [-0.2, 0) is 4.79 Å². The lowest BCUT2D eigenvalue weighted by Gasteiger charge is -2.08. The van der Waals surface area contributed by atoms with E-state index in [1.807, 2.05) is 13.8 Å². The van der Waals surface area contributed by atoms with Crippen molar-refractivity contribution >= 4 is 11.8 Å². The average Bonchev–Trinajstić information content (AvgIpc) is 2.36. The highest BCUT2D eigenvalue weighted by atomic mass is 16.3. The number of carbonyl (C=O) groups is 2. The molecule has 0 saturated carbocycles. The van der Waals surface area contributed by atoms with Crippen molar-refractivity contribution in [2.24, 2.45) is 5.92 Å². The lowest BCUT2D eigenvalue weighted by atomic mass is 10.2. The predicted octanol–water partition coefficient (Wildman–Crippen LogP) is 1.28. The summed E-state index contributed by atoms with van der Waals surface area (Å²) < 4.78 is 0. The zero-order valence-corrected chi connectivity index (χ0v) is 11.3. The molecular formula is C14H20N2O3. The van der Waals surface area contributed by atoms with E-state index in [1.165, 1.54) is 12.1 Å². The molecule has 0 atom stereocenters. The lowest BCUT2D eigenvalue weighted by molar-refractivity contribution is -0.121. The molecule has 5 nitrogen and oxygen atoms in total. The van der Waals surface area contributed by atoms with E-state index in [1.54, 1.807) is 12.1 Å². The number of phenols is 1. The Morgan fingerprint density at radius 3 is 2.63 bits per heavy atom. The number of nitrogens with one attached hydrogen (secondary N) is 2. The predicted molar refractivity (Wildman–Crippen MR) is 72.9 cm³/mol. The second-order valence-corrected chi connectivity index (χ2v) is 4.75. The molecule has 1 aromatic rings. The van der Waals surface area contributed by atoms with Crippen LogP contribution in [0, 0.1) is 5.92 Å². The molecule has 0 unspecified atom stereocenters. The maximum Gasteiger partial charge on any atom is 0.251 e. The first-order chi connectivity index (χ1) is 8.99. The van der Waals surface area contributed by atoms with Crippen molar-refractivity contribution < 1.29 is 14.7 Å². The second kappa shape index (κ2) is 7.41. The van der Waals surface area contributed by atoms with E-state index in [-0.39, 0.29) is 30.5 Å².